The van der Waals surface area contributed by atoms with Crippen molar-refractivity contribution in [1.29, 1.82) is 0 Å². The maximum atomic E-state index is 13.4. The van der Waals surface area contributed by atoms with Gasteiger partial charge in [-0.3, -0.25) is 0 Å². The van der Waals surface area contributed by atoms with E-state index in [2.05, 4.69) is 26.6 Å². The van der Waals surface area contributed by atoms with Gasteiger partial charge in [0.15, 0.2) is 0 Å². The van der Waals surface area contributed by atoms with E-state index in [1.165, 1.54) is 11.4 Å². The van der Waals surface area contributed by atoms with Crippen molar-refractivity contribution in [3.8, 4) is 5.75 Å². The lowest BCUT2D eigenvalue weighted by Crippen LogP contribution is -2.49. The molecule has 1 fully saturated rings. The number of hydrogen-bond acceptors (Lipinski definition) is 4. The number of urea groups is 1. The molecule has 0 spiro atoms. The quantitative estimate of drug-likeness (QED) is 0.656. The summed E-state index contributed by atoms with van der Waals surface area (Å²) >= 11 is 3.33. The summed E-state index contributed by atoms with van der Waals surface area (Å²) in [6.07, 6.45) is 2.37. The molecule has 1 aliphatic rings. The van der Waals surface area contributed by atoms with Gasteiger partial charge in [-0.1, -0.05) is 40.5 Å². The number of rotatable bonds is 6. The van der Waals surface area contributed by atoms with E-state index in [9.17, 15) is 13.2 Å². The Morgan fingerprint density at radius 1 is 1.21 bits per heavy atom. The number of para-hydroxylation sites is 1. The zero-order chi connectivity index (χ0) is 20.9. The highest BCUT2D eigenvalue weighted by atomic mass is 79.9. The minimum absolute atomic E-state index is 0.120. The number of methoxy groups -OCH3 is 1. The van der Waals surface area contributed by atoms with Gasteiger partial charge in [0.25, 0.3) is 0 Å². The lowest BCUT2D eigenvalue weighted by molar-refractivity contribution is 0.231. The van der Waals surface area contributed by atoms with Crippen molar-refractivity contribution in [1.82, 2.24) is 9.62 Å². The van der Waals surface area contributed by atoms with Crippen LogP contribution in [0, 0.1) is 0 Å². The molecule has 0 aliphatic carbocycles. The molecule has 0 radical (unpaired) electrons. The normalized spacial score (nSPS) is 17.5. The van der Waals surface area contributed by atoms with E-state index in [0.717, 1.165) is 12.8 Å². The van der Waals surface area contributed by atoms with Crippen molar-refractivity contribution in [3.63, 3.8) is 0 Å². The number of nitrogens with zero attached hydrogens (tertiary/aromatic N) is 1. The third-order valence-corrected chi connectivity index (χ3v) is 7.28. The number of amides is 2. The van der Waals surface area contributed by atoms with Gasteiger partial charge in [-0.15, -0.1) is 0 Å². The molecule has 1 saturated heterocycles. The van der Waals surface area contributed by atoms with Crippen LogP contribution in [0.2, 0.25) is 0 Å². The molecule has 9 heteroatoms. The van der Waals surface area contributed by atoms with Crippen molar-refractivity contribution in [2.45, 2.75) is 30.2 Å². The molecule has 3 rings (SSSR count). The van der Waals surface area contributed by atoms with Gasteiger partial charge >= 0.3 is 6.03 Å². The SMILES string of the molecule is COc1ccc(Br)cc1S(=O)(=O)N1CCCCC1CNC(=O)Nc1ccccc1. The minimum Gasteiger partial charge on any atom is -0.495 e. The van der Waals surface area contributed by atoms with Crippen LogP contribution in [-0.4, -0.2) is 45.0 Å². The van der Waals surface area contributed by atoms with Gasteiger partial charge in [-0.2, -0.15) is 4.31 Å². The summed E-state index contributed by atoms with van der Waals surface area (Å²) < 4.78 is 34.1. The smallest absolute Gasteiger partial charge is 0.319 e. The highest BCUT2D eigenvalue weighted by Gasteiger charge is 2.35. The number of nitrogens with one attached hydrogen (secondary N) is 2. The lowest BCUT2D eigenvalue weighted by atomic mass is 10.1. The largest absolute Gasteiger partial charge is 0.495 e. The van der Waals surface area contributed by atoms with Gasteiger partial charge in [-0.05, 0) is 43.2 Å². The van der Waals surface area contributed by atoms with Crippen molar-refractivity contribution in [2.75, 3.05) is 25.5 Å². The third kappa shape index (κ3) is 5.29. The number of anilines is 1. The van der Waals surface area contributed by atoms with E-state index in [1.807, 2.05) is 18.2 Å². The van der Waals surface area contributed by atoms with E-state index in [0.29, 0.717) is 28.9 Å². The Morgan fingerprint density at radius 2 is 1.97 bits per heavy atom. The van der Waals surface area contributed by atoms with E-state index in [1.54, 1.807) is 30.3 Å². The standard InChI is InChI=1S/C20H24BrN3O4S/c1-28-18-11-10-15(21)13-19(18)29(26,27)24-12-6-5-9-17(24)14-22-20(25)23-16-7-3-2-4-8-16/h2-4,7-8,10-11,13,17H,5-6,9,12,14H2,1H3,(H2,22,23,25). The molecule has 1 atom stereocenters. The molecule has 0 saturated carbocycles. The minimum atomic E-state index is -3.78. The second-order valence-electron chi connectivity index (χ2n) is 6.76. The molecule has 0 aromatic heterocycles. The predicted molar refractivity (Wildman–Crippen MR) is 116 cm³/mol. The number of carbonyl (C=O) groups excluding carboxylic acids is 1. The zero-order valence-electron chi connectivity index (χ0n) is 16.1. The summed E-state index contributed by atoms with van der Waals surface area (Å²) in [4.78, 5) is 12.3. The highest BCUT2D eigenvalue weighted by Crippen LogP contribution is 2.32. The Labute approximate surface area is 179 Å². The van der Waals surface area contributed by atoms with Gasteiger partial charge in [0.2, 0.25) is 10.0 Å². The summed E-state index contributed by atoms with van der Waals surface area (Å²) in [5.74, 6) is 0.298. The molecule has 0 bridgehead atoms. The molecule has 2 N–H and O–H groups in total. The second kappa shape index (κ2) is 9.60. The van der Waals surface area contributed by atoms with Gasteiger partial charge in [0.1, 0.15) is 10.6 Å². The topological polar surface area (TPSA) is 87.7 Å². The maximum Gasteiger partial charge on any atom is 0.319 e. The molecular weight excluding hydrogens is 458 g/mol. The number of halogens is 1. The van der Waals surface area contributed by atoms with Crippen molar-refractivity contribution in [2.24, 2.45) is 0 Å². The van der Waals surface area contributed by atoms with Gasteiger partial charge in [-0.25, -0.2) is 13.2 Å². The summed E-state index contributed by atoms with van der Waals surface area (Å²) in [7, 11) is -2.33. The Bertz CT molecular complexity index is 953. The first-order valence-electron chi connectivity index (χ1n) is 9.37. The fourth-order valence-corrected chi connectivity index (χ4v) is 5.77. The molecule has 156 valence electrons. The molecule has 2 aromatic carbocycles. The molecule has 2 aromatic rings. The molecular formula is C20H24BrN3O4S. The van der Waals surface area contributed by atoms with E-state index in [-0.39, 0.29) is 23.5 Å². The lowest BCUT2D eigenvalue weighted by Gasteiger charge is -2.35. The Kier molecular flexibility index (Phi) is 7.15. The van der Waals surface area contributed by atoms with Crippen LogP contribution in [0.1, 0.15) is 19.3 Å². The Hall–Kier alpha value is -2.10. The van der Waals surface area contributed by atoms with Crippen LogP contribution in [0.25, 0.3) is 0 Å². The number of sulfonamides is 1. The van der Waals surface area contributed by atoms with Crippen molar-refractivity contribution < 1.29 is 17.9 Å². The summed E-state index contributed by atoms with van der Waals surface area (Å²) in [6.45, 7) is 0.638. The van der Waals surface area contributed by atoms with Gasteiger partial charge in [0, 0.05) is 29.3 Å². The first-order chi connectivity index (χ1) is 13.9. The first-order valence-corrected chi connectivity index (χ1v) is 11.6. The van der Waals surface area contributed by atoms with E-state index in [4.69, 9.17) is 4.74 Å². The van der Waals surface area contributed by atoms with Crippen LogP contribution in [0.4, 0.5) is 10.5 Å². The maximum absolute atomic E-state index is 13.4. The first kappa shape index (κ1) is 21.6. The average molecular weight is 482 g/mol. The number of ether oxygens (including phenoxy) is 1. The van der Waals surface area contributed by atoms with Crippen molar-refractivity contribution >= 4 is 37.7 Å². The molecule has 2 amide bonds. The van der Waals surface area contributed by atoms with E-state index >= 15 is 0 Å². The monoisotopic (exact) mass is 481 g/mol. The highest BCUT2D eigenvalue weighted by molar-refractivity contribution is 9.10. The van der Waals surface area contributed by atoms with E-state index < -0.39 is 10.0 Å². The van der Waals surface area contributed by atoms with Gasteiger partial charge in [0.05, 0.1) is 7.11 Å². The zero-order valence-corrected chi connectivity index (χ0v) is 18.5. The predicted octanol–water partition coefficient (Wildman–Crippen LogP) is 3.82. The average Bonchev–Trinajstić information content (AvgIpc) is 2.73. The number of hydrogen-bond donors (Lipinski definition) is 2. The van der Waals surface area contributed by atoms with Crippen LogP contribution in [-0.2, 0) is 10.0 Å². The summed E-state index contributed by atoms with van der Waals surface area (Å²) in [5.41, 5.74) is 0.678. The molecule has 1 heterocycles. The van der Waals surface area contributed by atoms with Crippen LogP contribution in [0.3, 0.4) is 0 Å². The van der Waals surface area contributed by atoms with Crippen LogP contribution in [0.15, 0.2) is 57.9 Å². The van der Waals surface area contributed by atoms with Crippen LogP contribution in [0.5, 0.6) is 5.75 Å². The molecule has 29 heavy (non-hydrogen) atoms. The fraction of sp³-hybridized carbons (Fsp3) is 0.350. The fourth-order valence-electron chi connectivity index (χ4n) is 3.38. The Balaban J connectivity index is 1.74. The number of piperidine rings is 1. The summed E-state index contributed by atoms with van der Waals surface area (Å²) in [5, 5.41) is 5.55. The number of benzene rings is 2. The molecule has 1 unspecified atom stereocenters. The van der Waals surface area contributed by atoms with Crippen LogP contribution < -0.4 is 15.4 Å². The van der Waals surface area contributed by atoms with Gasteiger partial charge < -0.3 is 15.4 Å². The summed E-state index contributed by atoms with van der Waals surface area (Å²) in [6, 6.07) is 13.3. The third-order valence-electron chi connectivity index (χ3n) is 4.82. The number of carbonyl (C=O) groups is 1. The molecule has 1 aliphatic heterocycles. The van der Waals surface area contributed by atoms with Crippen molar-refractivity contribution in [3.05, 3.63) is 53.0 Å². The van der Waals surface area contributed by atoms with Crippen LogP contribution >= 0.6 is 15.9 Å². The Morgan fingerprint density at radius 3 is 2.69 bits per heavy atom. The second-order valence-corrected chi connectivity index (χ2v) is 9.54. The molecule has 7 nitrogen and oxygen atoms in total.